The van der Waals surface area contributed by atoms with E-state index in [9.17, 15) is 14.5 Å². The number of nitrogens with zero attached hydrogens (tertiary/aromatic N) is 2. The van der Waals surface area contributed by atoms with Crippen LogP contribution in [-0.4, -0.2) is 16.3 Å². The highest BCUT2D eigenvalue weighted by Gasteiger charge is 2.09. The third-order valence-electron chi connectivity index (χ3n) is 3.69. The van der Waals surface area contributed by atoms with Gasteiger partial charge in [-0.1, -0.05) is 24.3 Å². The maximum Gasteiger partial charge on any atom is 0.270 e. The lowest BCUT2D eigenvalue weighted by Crippen LogP contribution is -2.31. The van der Waals surface area contributed by atoms with E-state index in [1.165, 1.54) is 30.5 Å². The van der Waals surface area contributed by atoms with Gasteiger partial charge in [0.15, 0.2) is 5.11 Å². The maximum atomic E-state index is 12.9. The highest BCUT2D eigenvalue weighted by Crippen LogP contribution is 2.25. The molecule has 0 fully saturated rings. The van der Waals surface area contributed by atoms with Crippen LogP contribution < -0.4 is 10.7 Å². The van der Waals surface area contributed by atoms with Crippen LogP contribution in [0, 0.1) is 15.9 Å². The second kappa shape index (κ2) is 8.87. The molecule has 1 heterocycles. The molecule has 3 aromatic rings. The fourth-order valence-corrected chi connectivity index (χ4v) is 2.45. The number of rotatable bonds is 6. The second-order valence-corrected chi connectivity index (χ2v) is 6.10. The molecule has 0 radical (unpaired) electrons. The molecule has 0 aliphatic carbocycles. The Balaban J connectivity index is 1.53. The fourth-order valence-electron chi connectivity index (χ4n) is 2.33. The van der Waals surface area contributed by atoms with Crippen molar-refractivity contribution in [2.24, 2.45) is 5.10 Å². The summed E-state index contributed by atoms with van der Waals surface area (Å²) in [5, 5.41) is 18.1. The number of benzene rings is 2. The first-order valence-electron chi connectivity index (χ1n) is 8.17. The third-order valence-corrected chi connectivity index (χ3v) is 3.93. The van der Waals surface area contributed by atoms with Crippen LogP contribution in [0.15, 0.2) is 70.2 Å². The number of hydrazone groups is 1. The lowest BCUT2D eigenvalue weighted by Gasteiger charge is -2.06. The number of thiocarbonyl (C=S) groups is 1. The van der Waals surface area contributed by atoms with Crippen molar-refractivity contribution in [2.45, 2.75) is 6.54 Å². The highest BCUT2D eigenvalue weighted by atomic mass is 32.1. The molecule has 0 saturated carbocycles. The first kappa shape index (κ1) is 19.2. The normalized spacial score (nSPS) is 10.8. The summed E-state index contributed by atoms with van der Waals surface area (Å²) < 4.78 is 18.5. The van der Waals surface area contributed by atoms with Crippen LogP contribution in [0.1, 0.15) is 11.3 Å². The Morgan fingerprint density at radius 2 is 2.00 bits per heavy atom. The van der Waals surface area contributed by atoms with Gasteiger partial charge in [0.25, 0.3) is 5.69 Å². The maximum absolute atomic E-state index is 12.9. The largest absolute Gasteiger partial charge is 0.455 e. The van der Waals surface area contributed by atoms with E-state index in [-0.39, 0.29) is 11.5 Å². The predicted molar refractivity (Wildman–Crippen MR) is 107 cm³/mol. The molecule has 1 aromatic heterocycles. The molecule has 0 aliphatic heterocycles. The minimum Gasteiger partial charge on any atom is -0.455 e. The van der Waals surface area contributed by atoms with Crippen molar-refractivity contribution in [3.8, 4) is 11.3 Å². The third kappa shape index (κ3) is 5.21. The van der Waals surface area contributed by atoms with Gasteiger partial charge >= 0.3 is 0 Å². The van der Waals surface area contributed by atoms with Gasteiger partial charge in [-0.2, -0.15) is 5.10 Å². The van der Waals surface area contributed by atoms with E-state index < -0.39 is 4.92 Å². The number of nitro groups is 1. The molecular weight excluding hydrogens is 383 g/mol. The molecule has 142 valence electrons. The zero-order valence-corrected chi connectivity index (χ0v) is 15.3. The molecule has 7 nitrogen and oxygen atoms in total. The summed E-state index contributed by atoms with van der Waals surface area (Å²) in [4.78, 5) is 10.4. The molecule has 0 aliphatic rings. The molecular formula is C19H15FN4O3S. The van der Waals surface area contributed by atoms with E-state index in [2.05, 4.69) is 15.8 Å². The van der Waals surface area contributed by atoms with Crippen LogP contribution >= 0.6 is 12.2 Å². The van der Waals surface area contributed by atoms with E-state index >= 15 is 0 Å². The van der Waals surface area contributed by atoms with Crippen LogP contribution in [0.3, 0.4) is 0 Å². The summed E-state index contributed by atoms with van der Waals surface area (Å²) in [7, 11) is 0. The zero-order valence-electron chi connectivity index (χ0n) is 14.5. The Morgan fingerprint density at radius 3 is 2.75 bits per heavy atom. The molecule has 0 amide bonds. The summed E-state index contributed by atoms with van der Waals surface area (Å²) in [5.41, 5.74) is 4.11. The van der Waals surface area contributed by atoms with E-state index in [0.717, 1.165) is 5.56 Å². The molecule has 0 unspecified atom stereocenters. The summed E-state index contributed by atoms with van der Waals surface area (Å²) >= 11 is 5.11. The predicted octanol–water partition coefficient (Wildman–Crippen LogP) is 3.99. The highest BCUT2D eigenvalue weighted by molar-refractivity contribution is 7.80. The van der Waals surface area contributed by atoms with Gasteiger partial charge in [-0.05, 0) is 42.0 Å². The fraction of sp³-hybridized carbons (Fsp3) is 0.0526. The molecule has 2 aromatic carbocycles. The van der Waals surface area contributed by atoms with Gasteiger partial charge in [0.2, 0.25) is 0 Å². The summed E-state index contributed by atoms with van der Waals surface area (Å²) in [5.74, 6) is 0.648. The van der Waals surface area contributed by atoms with Crippen molar-refractivity contribution in [2.75, 3.05) is 0 Å². The molecule has 2 N–H and O–H groups in total. The SMILES string of the molecule is O=[N+]([O-])c1cccc(-c2ccc(/C=N\NC(=S)NCc3ccc(F)cc3)o2)c1. The molecule has 0 saturated heterocycles. The van der Waals surface area contributed by atoms with E-state index in [0.29, 0.717) is 28.7 Å². The van der Waals surface area contributed by atoms with Crippen molar-refractivity contribution < 1.29 is 13.7 Å². The van der Waals surface area contributed by atoms with Gasteiger partial charge in [-0.3, -0.25) is 15.5 Å². The van der Waals surface area contributed by atoms with Crippen LogP contribution in [0.25, 0.3) is 11.3 Å². The number of hydrogen-bond acceptors (Lipinski definition) is 5. The number of nitro benzene ring substituents is 1. The van der Waals surface area contributed by atoms with E-state index in [1.54, 1.807) is 36.4 Å². The molecule has 3 rings (SSSR count). The lowest BCUT2D eigenvalue weighted by atomic mass is 10.1. The number of non-ortho nitro benzene ring substituents is 1. The number of hydrogen-bond donors (Lipinski definition) is 2. The van der Waals surface area contributed by atoms with Gasteiger partial charge in [0.05, 0.1) is 11.1 Å². The average molecular weight is 398 g/mol. The first-order valence-corrected chi connectivity index (χ1v) is 8.58. The number of nitrogens with one attached hydrogen (secondary N) is 2. The summed E-state index contributed by atoms with van der Waals surface area (Å²) in [6.07, 6.45) is 1.44. The first-order chi connectivity index (χ1) is 13.5. The van der Waals surface area contributed by atoms with Crippen molar-refractivity contribution >= 4 is 29.2 Å². The van der Waals surface area contributed by atoms with Crippen LogP contribution in [-0.2, 0) is 6.54 Å². The second-order valence-electron chi connectivity index (χ2n) is 5.69. The molecule has 0 spiro atoms. The summed E-state index contributed by atoms with van der Waals surface area (Å²) in [6.45, 7) is 0.430. The van der Waals surface area contributed by atoms with Gasteiger partial charge in [-0.25, -0.2) is 4.39 Å². The topological polar surface area (TPSA) is 92.7 Å². The van der Waals surface area contributed by atoms with Gasteiger partial charge < -0.3 is 9.73 Å². The summed E-state index contributed by atoms with van der Waals surface area (Å²) in [6, 6.07) is 15.6. The van der Waals surface area contributed by atoms with Crippen molar-refractivity contribution in [3.05, 3.63) is 87.9 Å². The average Bonchev–Trinajstić information content (AvgIpc) is 3.16. The van der Waals surface area contributed by atoms with Gasteiger partial charge in [0.1, 0.15) is 17.3 Å². The van der Waals surface area contributed by atoms with Crippen molar-refractivity contribution in [1.29, 1.82) is 0 Å². The van der Waals surface area contributed by atoms with Crippen molar-refractivity contribution in [1.82, 2.24) is 10.7 Å². The quantitative estimate of drug-likeness (QED) is 0.282. The van der Waals surface area contributed by atoms with Gasteiger partial charge in [-0.15, -0.1) is 0 Å². The number of furan rings is 1. The zero-order chi connectivity index (χ0) is 19.9. The molecule has 0 bridgehead atoms. The number of halogens is 1. The lowest BCUT2D eigenvalue weighted by molar-refractivity contribution is -0.384. The molecule has 28 heavy (non-hydrogen) atoms. The van der Waals surface area contributed by atoms with Gasteiger partial charge in [0, 0.05) is 24.2 Å². The van der Waals surface area contributed by atoms with Crippen LogP contribution in [0.5, 0.6) is 0 Å². The Labute approximate surface area is 165 Å². The standard InChI is InChI=1S/C19H15FN4O3S/c20-15-6-4-13(5-7-15)11-21-19(28)23-22-12-17-8-9-18(27-17)14-2-1-3-16(10-14)24(25)26/h1-10,12H,11H2,(H2,21,23,28)/b22-12-. The smallest absolute Gasteiger partial charge is 0.270 e. The monoisotopic (exact) mass is 398 g/mol. The minimum absolute atomic E-state index is 0.0108. The minimum atomic E-state index is -0.460. The Kier molecular flexibility index (Phi) is 6.07. The molecule has 9 heteroatoms. The van der Waals surface area contributed by atoms with Crippen LogP contribution in [0.2, 0.25) is 0 Å². The molecule has 0 atom stereocenters. The Hall–Kier alpha value is -3.59. The Morgan fingerprint density at radius 1 is 1.21 bits per heavy atom. The van der Waals surface area contributed by atoms with Crippen LogP contribution in [0.4, 0.5) is 10.1 Å². The van der Waals surface area contributed by atoms with E-state index in [4.69, 9.17) is 16.6 Å². The van der Waals surface area contributed by atoms with E-state index in [1.807, 2.05) is 0 Å². The Bertz CT molecular complexity index is 1020. The van der Waals surface area contributed by atoms with Crippen molar-refractivity contribution in [3.63, 3.8) is 0 Å².